The quantitative estimate of drug-likeness (QED) is 0.328. The molecule has 0 bridgehead atoms. The first-order chi connectivity index (χ1) is 14.1. The van der Waals surface area contributed by atoms with Gasteiger partial charge >= 0.3 is 6.61 Å². The Labute approximate surface area is 169 Å². The minimum atomic E-state index is -2.81. The lowest BCUT2D eigenvalue weighted by Gasteiger charge is -2.09. The van der Waals surface area contributed by atoms with Crippen LogP contribution in [-0.4, -0.2) is 6.61 Å². The van der Waals surface area contributed by atoms with Crippen LogP contribution >= 0.6 is 0 Å². The first kappa shape index (κ1) is 19.1. The van der Waals surface area contributed by atoms with Gasteiger partial charge in [-0.25, -0.2) is 0 Å². The number of benzene rings is 4. The highest BCUT2D eigenvalue weighted by Crippen LogP contribution is 2.29. The van der Waals surface area contributed by atoms with Crippen LogP contribution in [0.1, 0.15) is 18.9 Å². The standard InChI is InChI=1S/C26H22F2O/c1-2-3-18-4-5-24-17-23(11-10-22(24)16-18)21-8-6-19(7-9-21)20-12-14-25(15-13-20)29-26(27)28/h4-17,26H,2-3H2,1H3. The second kappa shape index (κ2) is 8.44. The molecule has 0 aromatic heterocycles. The van der Waals surface area contributed by atoms with E-state index in [2.05, 4.69) is 60.2 Å². The molecule has 0 amide bonds. The number of fused-ring (bicyclic) bond motifs is 1. The molecule has 0 aliphatic rings. The fourth-order valence-electron chi connectivity index (χ4n) is 3.60. The highest BCUT2D eigenvalue weighted by molar-refractivity contribution is 5.88. The van der Waals surface area contributed by atoms with E-state index in [0.717, 1.165) is 29.5 Å². The Bertz CT molecular complexity index is 1100. The van der Waals surface area contributed by atoms with Crippen LogP contribution in [0.2, 0.25) is 0 Å². The average molecular weight is 388 g/mol. The van der Waals surface area contributed by atoms with Crippen molar-refractivity contribution in [1.82, 2.24) is 0 Å². The fourth-order valence-corrected chi connectivity index (χ4v) is 3.60. The Morgan fingerprint density at radius 2 is 1.17 bits per heavy atom. The van der Waals surface area contributed by atoms with E-state index in [-0.39, 0.29) is 5.75 Å². The largest absolute Gasteiger partial charge is 0.435 e. The van der Waals surface area contributed by atoms with E-state index >= 15 is 0 Å². The van der Waals surface area contributed by atoms with Gasteiger partial charge in [0.25, 0.3) is 0 Å². The summed E-state index contributed by atoms with van der Waals surface area (Å²) in [5, 5.41) is 2.50. The monoisotopic (exact) mass is 388 g/mol. The fraction of sp³-hybridized carbons (Fsp3) is 0.154. The van der Waals surface area contributed by atoms with Crippen LogP contribution in [0.25, 0.3) is 33.0 Å². The molecule has 0 aliphatic heterocycles. The molecule has 0 N–H and O–H groups in total. The Hall–Kier alpha value is -3.20. The highest BCUT2D eigenvalue weighted by Gasteiger charge is 2.06. The summed E-state index contributed by atoms with van der Waals surface area (Å²) in [6, 6.07) is 28.2. The van der Waals surface area contributed by atoms with Crippen LogP contribution in [-0.2, 0) is 6.42 Å². The van der Waals surface area contributed by atoms with Crippen molar-refractivity contribution in [1.29, 1.82) is 0 Å². The zero-order valence-corrected chi connectivity index (χ0v) is 16.2. The molecular formula is C26H22F2O. The van der Waals surface area contributed by atoms with E-state index < -0.39 is 6.61 Å². The maximum atomic E-state index is 12.3. The van der Waals surface area contributed by atoms with E-state index in [9.17, 15) is 8.78 Å². The van der Waals surface area contributed by atoms with E-state index in [0.29, 0.717) is 0 Å². The number of alkyl halides is 2. The molecule has 0 saturated carbocycles. The van der Waals surface area contributed by atoms with Crippen LogP contribution < -0.4 is 4.74 Å². The summed E-state index contributed by atoms with van der Waals surface area (Å²) < 4.78 is 29.0. The molecule has 0 heterocycles. The Morgan fingerprint density at radius 3 is 1.79 bits per heavy atom. The zero-order chi connectivity index (χ0) is 20.2. The van der Waals surface area contributed by atoms with Gasteiger partial charge in [-0.2, -0.15) is 8.78 Å². The second-order valence-corrected chi connectivity index (χ2v) is 7.13. The van der Waals surface area contributed by atoms with Gasteiger partial charge in [0, 0.05) is 0 Å². The third-order valence-electron chi connectivity index (χ3n) is 5.07. The lowest BCUT2D eigenvalue weighted by Crippen LogP contribution is -2.01. The lowest BCUT2D eigenvalue weighted by molar-refractivity contribution is -0.0498. The predicted octanol–water partition coefficient (Wildman–Crippen LogP) is 7.73. The molecule has 0 atom stereocenters. The van der Waals surface area contributed by atoms with Crippen LogP contribution in [0.3, 0.4) is 0 Å². The van der Waals surface area contributed by atoms with Gasteiger partial charge in [0.15, 0.2) is 0 Å². The molecule has 1 nitrogen and oxygen atoms in total. The van der Waals surface area contributed by atoms with Gasteiger partial charge < -0.3 is 4.74 Å². The summed E-state index contributed by atoms with van der Waals surface area (Å²) in [4.78, 5) is 0. The van der Waals surface area contributed by atoms with Crippen LogP contribution in [0.5, 0.6) is 5.75 Å². The number of hydrogen-bond donors (Lipinski definition) is 0. The molecule has 3 heteroatoms. The molecule has 0 unspecified atom stereocenters. The van der Waals surface area contributed by atoms with Gasteiger partial charge in [0.1, 0.15) is 5.75 Å². The minimum Gasteiger partial charge on any atom is -0.435 e. The Balaban J connectivity index is 1.56. The smallest absolute Gasteiger partial charge is 0.387 e. The van der Waals surface area contributed by atoms with Gasteiger partial charge in [0.2, 0.25) is 0 Å². The van der Waals surface area contributed by atoms with E-state index in [4.69, 9.17) is 0 Å². The number of rotatable bonds is 6. The van der Waals surface area contributed by atoms with Gasteiger partial charge in [-0.1, -0.05) is 80.1 Å². The molecule has 0 fully saturated rings. The average Bonchev–Trinajstić information content (AvgIpc) is 2.74. The van der Waals surface area contributed by atoms with Crippen LogP contribution in [0.15, 0.2) is 84.9 Å². The molecule has 0 spiro atoms. The summed E-state index contributed by atoms with van der Waals surface area (Å²) in [5.41, 5.74) is 5.68. The second-order valence-electron chi connectivity index (χ2n) is 7.13. The molecule has 0 radical (unpaired) electrons. The first-order valence-electron chi connectivity index (χ1n) is 9.81. The molecule has 4 aromatic rings. The van der Waals surface area contributed by atoms with Gasteiger partial charge in [-0.15, -0.1) is 0 Å². The van der Waals surface area contributed by atoms with E-state index in [1.54, 1.807) is 24.3 Å². The molecule has 146 valence electrons. The summed E-state index contributed by atoms with van der Waals surface area (Å²) in [6.45, 7) is -0.608. The van der Waals surface area contributed by atoms with E-state index in [1.807, 2.05) is 12.1 Å². The first-order valence-corrected chi connectivity index (χ1v) is 9.81. The predicted molar refractivity (Wildman–Crippen MR) is 115 cm³/mol. The normalized spacial score (nSPS) is 11.2. The molecule has 4 aromatic carbocycles. The number of halogens is 2. The molecule has 4 rings (SSSR count). The summed E-state index contributed by atoms with van der Waals surface area (Å²) >= 11 is 0. The van der Waals surface area contributed by atoms with E-state index in [1.165, 1.54) is 21.9 Å². The Morgan fingerprint density at radius 1 is 0.655 bits per heavy atom. The number of hydrogen-bond acceptors (Lipinski definition) is 1. The minimum absolute atomic E-state index is 0.165. The number of aryl methyl sites for hydroxylation is 1. The van der Waals surface area contributed by atoms with Crippen molar-refractivity contribution in [3.8, 4) is 28.0 Å². The maximum Gasteiger partial charge on any atom is 0.387 e. The zero-order valence-electron chi connectivity index (χ0n) is 16.2. The van der Waals surface area contributed by atoms with Crippen molar-refractivity contribution in [3.05, 3.63) is 90.5 Å². The van der Waals surface area contributed by atoms with Crippen molar-refractivity contribution in [2.45, 2.75) is 26.4 Å². The summed E-state index contributed by atoms with van der Waals surface area (Å²) in [6.07, 6.45) is 2.26. The van der Waals surface area contributed by atoms with Crippen LogP contribution in [0, 0.1) is 0 Å². The number of ether oxygens (including phenoxy) is 1. The highest BCUT2D eigenvalue weighted by atomic mass is 19.3. The SMILES string of the molecule is CCCc1ccc2cc(-c3ccc(-c4ccc(OC(F)F)cc4)cc3)ccc2c1. The van der Waals surface area contributed by atoms with Crippen molar-refractivity contribution in [3.63, 3.8) is 0 Å². The third kappa shape index (κ3) is 4.45. The molecular weight excluding hydrogens is 366 g/mol. The maximum absolute atomic E-state index is 12.3. The molecule has 0 saturated heterocycles. The third-order valence-corrected chi connectivity index (χ3v) is 5.07. The van der Waals surface area contributed by atoms with Crippen molar-refractivity contribution >= 4 is 10.8 Å². The van der Waals surface area contributed by atoms with Crippen molar-refractivity contribution in [2.24, 2.45) is 0 Å². The lowest BCUT2D eigenvalue weighted by atomic mass is 9.97. The van der Waals surface area contributed by atoms with Crippen molar-refractivity contribution < 1.29 is 13.5 Å². The van der Waals surface area contributed by atoms with Gasteiger partial charge in [0.05, 0.1) is 0 Å². The molecule has 0 aliphatic carbocycles. The van der Waals surface area contributed by atoms with Crippen molar-refractivity contribution in [2.75, 3.05) is 0 Å². The summed E-state index contributed by atoms with van der Waals surface area (Å²) in [5.74, 6) is 0.165. The topological polar surface area (TPSA) is 9.23 Å². The Kier molecular flexibility index (Phi) is 5.57. The van der Waals surface area contributed by atoms with Gasteiger partial charge in [-0.3, -0.25) is 0 Å². The molecule has 29 heavy (non-hydrogen) atoms. The van der Waals surface area contributed by atoms with Gasteiger partial charge in [-0.05, 0) is 63.2 Å². The summed E-state index contributed by atoms with van der Waals surface area (Å²) in [7, 11) is 0. The van der Waals surface area contributed by atoms with Crippen LogP contribution in [0.4, 0.5) is 8.78 Å².